The van der Waals surface area contributed by atoms with Crippen LogP contribution in [0.5, 0.6) is 0 Å². The van der Waals surface area contributed by atoms with Gasteiger partial charge in [-0.05, 0) is 36.5 Å². The van der Waals surface area contributed by atoms with Crippen LogP contribution in [0.1, 0.15) is 25.3 Å². The van der Waals surface area contributed by atoms with Crippen molar-refractivity contribution in [3.63, 3.8) is 0 Å². The summed E-state index contributed by atoms with van der Waals surface area (Å²) in [7, 11) is 0. The fourth-order valence-corrected chi connectivity index (χ4v) is 2.19. The first-order valence-corrected chi connectivity index (χ1v) is 4.96. The first kappa shape index (κ1) is 10.1. The van der Waals surface area contributed by atoms with E-state index >= 15 is 0 Å². The molecule has 1 aromatic rings. The van der Waals surface area contributed by atoms with Crippen molar-refractivity contribution in [3.8, 4) is 6.07 Å². The lowest BCUT2D eigenvalue weighted by atomic mass is 9.58. The molecule has 0 heterocycles. The van der Waals surface area contributed by atoms with Crippen molar-refractivity contribution in [2.24, 2.45) is 5.92 Å². The molecule has 0 amide bonds. The lowest BCUT2D eigenvalue weighted by Gasteiger charge is -2.42. The number of nitrogens with zero attached hydrogens (tertiary/aromatic N) is 1. The summed E-state index contributed by atoms with van der Waals surface area (Å²) >= 11 is 0. The van der Waals surface area contributed by atoms with Crippen LogP contribution in [0, 0.1) is 28.9 Å². The maximum atomic E-state index is 13.0. The van der Waals surface area contributed by atoms with Crippen molar-refractivity contribution in [3.05, 3.63) is 35.4 Å². The molecular formula is C12H11F2N. The summed E-state index contributed by atoms with van der Waals surface area (Å²) in [6.45, 7) is 1.94. The molecule has 1 saturated carbocycles. The summed E-state index contributed by atoms with van der Waals surface area (Å²) in [6, 6.07) is 5.57. The van der Waals surface area contributed by atoms with Crippen LogP contribution < -0.4 is 0 Å². The van der Waals surface area contributed by atoms with Gasteiger partial charge in [0.1, 0.15) is 11.6 Å². The third-order valence-corrected chi connectivity index (χ3v) is 3.39. The number of rotatable bonds is 1. The van der Waals surface area contributed by atoms with Crippen molar-refractivity contribution in [2.45, 2.75) is 25.2 Å². The first-order chi connectivity index (χ1) is 7.08. The molecule has 2 rings (SSSR count). The molecule has 0 spiro atoms. The topological polar surface area (TPSA) is 23.8 Å². The fourth-order valence-electron chi connectivity index (χ4n) is 2.19. The minimum atomic E-state index is -0.678. The Morgan fingerprint density at radius 1 is 1.33 bits per heavy atom. The summed E-state index contributed by atoms with van der Waals surface area (Å²) in [6.07, 6.45) is 1.62. The monoisotopic (exact) mass is 207 g/mol. The average molecular weight is 207 g/mol. The van der Waals surface area contributed by atoms with E-state index in [9.17, 15) is 8.78 Å². The van der Waals surface area contributed by atoms with Crippen LogP contribution in [0.4, 0.5) is 8.78 Å². The lowest BCUT2D eigenvalue weighted by molar-refractivity contribution is 0.200. The van der Waals surface area contributed by atoms with E-state index in [4.69, 9.17) is 5.26 Å². The highest BCUT2D eigenvalue weighted by Gasteiger charge is 2.46. The average Bonchev–Trinajstić information content (AvgIpc) is 2.16. The number of hydrogen-bond acceptors (Lipinski definition) is 1. The molecule has 2 atom stereocenters. The van der Waals surface area contributed by atoms with Crippen molar-refractivity contribution >= 4 is 0 Å². The molecule has 1 aliphatic rings. The molecule has 0 aromatic heterocycles. The van der Waals surface area contributed by atoms with Crippen LogP contribution in [0.15, 0.2) is 18.2 Å². The molecule has 2 unspecified atom stereocenters. The SMILES string of the molecule is CC1CCC1(C#N)c1cc(F)cc(F)c1. The summed E-state index contributed by atoms with van der Waals surface area (Å²) in [5.74, 6) is -1.05. The third-order valence-electron chi connectivity index (χ3n) is 3.39. The molecule has 0 bridgehead atoms. The Labute approximate surface area is 87.3 Å². The minimum Gasteiger partial charge on any atom is -0.207 e. The van der Waals surface area contributed by atoms with Crippen molar-refractivity contribution in [2.75, 3.05) is 0 Å². The summed E-state index contributed by atoms with van der Waals surface area (Å²) in [4.78, 5) is 0. The quantitative estimate of drug-likeness (QED) is 0.694. The maximum absolute atomic E-state index is 13.0. The second-order valence-corrected chi connectivity index (χ2v) is 4.18. The Morgan fingerprint density at radius 2 is 1.93 bits per heavy atom. The number of benzene rings is 1. The Hall–Kier alpha value is -1.43. The zero-order chi connectivity index (χ0) is 11.1. The van der Waals surface area contributed by atoms with Crippen LogP contribution in [0.25, 0.3) is 0 Å². The summed E-state index contributed by atoms with van der Waals surface area (Å²) < 4.78 is 26.1. The lowest BCUT2D eigenvalue weighted by Crippen LogP contribution is -2.41. The summed E-state index contributed by atoms with van der Waals surface area (Å²) in [5.41, 5.74) is -0.204. The highest BCUT2D eigenvalue weighted by atomic mass is 19.1. The largest absolute Gasteiger partial charge is 0.207 e. The molecule has 1 aromatic carbocycles. The van der Waals surface area contributed by atoms with Crippen molar-refractivity contribution in [1.82, 2.24) is 0 Å². The van der Waals surface area contributed by atoms with Gasteiger partial charge >= 0.3 is 0 Å². The molecule has 1 nitrogen and oxygen atoms in total. The van der Waals surface area contributed by atoms with E-state index in [0.717, 1.165) is 12.5 Å². The highest BCUT2D eigenvalue weighted by molar-refractivity contribution is 5.37. The van der Waals surface area contributed by atoms with Gasteiger partial charge in [-0.3, -0.25) is 0 Å². The van der Waals surface area contributed by atoms with Crippen LogP contribution in [0.2, 0.25) is 0 Å². The van der Waals surface area contributed by atoms with Gasteiger partial charge < -0.3 is 0 Å². The van der Waals surface area contributed by atoms with Crippen LogP contribution >= 0.6 is 0 Å². The van der Waals surface area contributed by atoms with Crippen molar-refractivity contribution < 1.29 is 8.78 Å². The number of nitriles is 1. The zero-order valence-electron chi connectivity index (χ0n) is 8.43. The van der Waals surface area contributed by atoms with Gasteiger partial charge in [0.2, 0.25) is 0 Å². The molecule has 0 saturated heterocycles. The third kappa shape index (κ3) is 1.41. The zero-order valence-corrected chi connectivity index (χ0v) is 8.43. The van der Waals surface area contributed by atoms with Crippen molar-refractivity contribution in [1.29, 1.82) is 5.26 Å². The Kier molecular flexibility index (Phi) is 2.22. The Bertz CT molecular complexity index is 415. The standard InChI is InChI=1S/C12H11F2N/c1-8-2-3-12(8,7-15)9-4-10(13)6-11(14)5-9/h4-6,8H,2-3H2,1H3. The normalized spacial score (nSPS) is 29.3. The van der Waals surface area contributed by atoms with Gasteiger partial charge in [-0.1, -0.05) is 6.92 Å². The smallest absolute Gasteiger partial charge is 0.126 e. The highest BCUT2D eigenvalue weighted by Crippen LogP contribution is 2.48. The Morgan fingerprint density at radius 3 is 2.27 bits per heavy atom. The van der Waals surface area contributed by atoms with Crippen LogP contribution in [-0.4, -0.2) is 0 Å². The molecule has 15 heavy (non-hydrogen) atoms. The van der Waals surface area contributed by atoms with Crippen LogP contribution in [-0.2, 0) is 5.41 Å². The van der Waals surface area contributed by atoms with Crippen LogP contribution in [0.3, 0.4) is 0 Å². The van der Waals surface area contributed by atoms with Gasteiger partial charge in [-0.25, -0.2) is 8.78 Å². The van der Waals surface area contributed by atoms with E-state index in [-0.39, 0.29) is 5.92 Å². The summed E-state index contributed by atoms with van der Waals surface area (Å²) in [5, 5.41) is 9.15. The van der Waals surface area contributed by atoms with Gasteiger partial charge in [0.05, 0.1) is 11.5 Å². The van der Waals surface area contributed by atoms with E-state index in [1.807, 2.05) is 6.92 Å². The van der Waals surface area contributed by atoms with E-state index in [0.29, 0.717) is 12.0 Å². The minimum absolute atomic E-state index is 0.170. The molecule has 78 valence electrons. The molecule has 0 aliphatic heterocycles. The van der Waals surface area contributed by atoms with E-state index in [1.54, 1.807) is 0 Å². The predicted molar refractivity (Wildman–Crippen MR) is 52.0 cm³/mol. The first-order valence-electron chi connectivity index (χ1n) is 4.96. The Balaban J connectivity index is 2.49. The molecule has 0 radical (unpaired) electrons. The second-order valence-electron chi connectivity index (χ2n) is 4.18. The molecule has 1 aliphatic carbocycles. The van der Waals surface area contributed by atoms with Gasteiger partial charge in [-0.15, -0.1) is 0 Å². The van der Waals surface area contributed by atoms with Gasteiger partial charge in [0.15, 0.2) is 0 Å². The van der Waals surface area contributed by atoms with Gasteiger partial charge in [0.25, 0.3) is 0 Å². The second kappa shape index (κ2) is 3.30. The van der Waals surface area contributed by atoms with Gasteiger partial charge in [0, 0.05) is 6.07 Å². The predicted octanol–water partition coefficient (Wildman–Crippen LogP) is 3.16. The number of hydrogen-bond donors (Lipinski definition) is 0. The molecular weight excluding hydrogens is 196 g/mol. The van der Waals surface area contributed by atoms with E-state index in [1.165, 1.54) is 12.1 Å². The fraction of sp³-hybridized carbons (Fsp3) is 0.417. The number of halogens is 2. The van der Waals surface area contributed by atoms with Gasteiger partial charge in [-0.2, -0.15) is 5.26 Å². The van der Waals surface area contributed by atoms with E-state index < -0.39 is 17.0 Å². The molecule has 1 fully saturated rings. The van der Waals surface area contributed by atoms with E-state index in [2.05, 4.69) is 6.07 Å². The molecule has 3 heteroatoms. The maximum Gasteiger partial charge on any atom is 0.126 e. The molecule has 0 N–H and O–H groups in total.